The maximum atomic E-state index is 12.5. The van der Waals surface area contributed by atoms with Crippen LogP contribution in [0.3, 0.4) is 0 Å². The van der Waals surface area contributed by atoms with Gasteiger partial charge in [-0.3, -0.25) is 9.10 Å². The first kappa shape index (κ1) is 19.2. The van der Waals surface area contributed by atoms with E-state index in [4.69, 9.17) is 0 Å². The van der Waals surface area contributed by atoms with Crippen molar-refractivity contribution in [1.29, 1.82) is 0 Å². The smallest absolute Gasteiger partial charge is 0.255 e. The Bertz CT molecular complexity index is 904. The molecule has 1 aliphatic heterocycles. The first-order valence-corrected chi connectivity index (χ1v) is 10.9. The van der Waals surface area contributed by atoms with Crippen LogP contribution in [0, 0.1) is 0 Å². The van der Waals surface area contributed by atoms with Crippen molar-refractivity contribution in [2.75, 3.05) is 40.9 Å². The fraction of sp³-hybridized carbons (Fsp3) is 0.350. The van der Waals surface area contributed by atoms with E-state index in [1.807, 2.05) is 24.3 Å². The third-order valence-corrected chi connectivity index (χ3v) is 6.02. The molecule has 2 aromatic carbocycles. The lowest BCUT2D eigenvalue weighted by Crippen LogP contribution is -2.29. The summed E-state index contributed by atoms with van der Waals surface area (Å²) in [6.45, 7) is 2.12. The van der Waals surface area contributed by atoms with Crippen LogP contribution in [0.4, 0.5) is 17.1 Å². The second-order valence-corrected chi connectivity index (χ2v) is 8.84. The van der Waals surface area contributed by atoms with Gasteiger partial charge in [-0.15, -0.1) is 0 Å². The van der Waals surface area contributed by atoms with Crippen LogP contribution < -0.4 is 14.5 Å². The molecule has 1 amide bonds. The van der Waals surface area contributed by atoms with Crippen LogP contribution in [-0.2, 0) is 10.0 Å². The minimum Gasteiger partial charge on any atom is -0.372 e. The molecule has 0 saturated carbocycles. The average molecular weight is 388 g/mol. The van der Waals surface area contributed by atoms with E-state index in [-0.39, 0.29) is 5.91 Å². The number of sulfonamides is 1. The average Bonchev–Trinajstić information content (AvgIpc) is 2.67. The van der Waals surface area contributed by atoms with Gasteiger partial charge in [0.05, 0.1) is 11.9 Å². The zero-order valence-electron chi connectivity index (χ0n) is 15.7. The molecule has 3 rings (SSSR count). The number of anilines is 3. The molecule has 0 aliphatic carbocycles. The van der Waals surface area contributed by atoms with Crippen molar-refractivity contribution >= 4 is 33.0 Å². The van der Waals surface area contributed by atoms with Crippen LogP contribution in [0.2, 0.25) is 0 Å². The van der Waals surface area contributed by atoms with Gasteiger partial charge in [-0.05, 0) is 61.7 Å². The van der Waals surface area contributed by atoms with Crippen molar-refractivity contribution in [3.05, 3.63) is 54.1 Å². The number of carbonyl (C=O) groups excluding carboxylic acids is 1. The number of amides is 1. The van der Waals surface area contributed by atoms with Crippen molar-refractivity contribution in [3.8, 4) is 0 Å². The third kappa shape index (κ3) is 4.80. The normalized spacial score (nSPS) is 14.7. The quantitative estimate of drug-likeness (QED) is 0.854. The number of nitrogens with zero attached hydrogens (tertiary/aromatic N) is 2. The van der Waals surface area contributed by atoms with Gasteiger partial charge in [0.2, 0.25) is 10.0 Å². The van der Waals surface area contributed by atoms with Gasteiger partial charge in [-0.2, -0.15) is 0 Å². The fourth-order valence-electron chi connectivity index (χ4n) is 3.15. The second kappa shape index (κ2) is 8.00. The SMILES string of the molecule is CN(c1cccc(NC(=O)c2ccc(N3CCCCC3)cc2)c1)S(C)(=O)=O. The van der Waals surface area contributed by atoms with Gasteiger partial charge in [0.25, 0.3) is 5.91 Å². The highest BCUT2D eigenvalue weighted by Gasteiger charge is 2.14. The molecular formula is C20H25N3O3S. The molecule has 0 radical (unpaired) electrons. The summed E-state index contributed by atoms with van der Waals surface area (Å²) in [5.41, 5.74) is 2.75. The van der Waals surface area contributed by atoms with E-state index in [2.05, 4.69) is 10.2 Å². The van der Waals surface area contributed by atoms with Gasteiger partial charge in [-0.25, -0.2) is 8.42 Å². The number of carbonyl (C=O) groups is 1. The first-order chi connectivity index (χ1) is 12.8. The van der Waals surface area contributed by atoms with E-state index in [0.717, 1.165) is 25.0 Å². The highest BCUT2D eigenvalue weighted by molar-refractivity contribution is 7.92. The van der Waals surface area contributed by atoms with Crippen molar-refractivity contribution < 1.29 is 13.2 Å². The van der Waals surface area contributed by atoms with E-state index in [0.29, 0.717) is 16.9 Å². The molecule has 7 heteroatoms. The summed E-state index contributed by atoms with van der Waals surface area (Å²) in [7, 11) is -1.87. The minimum atomic E-state index is -3.35. The summed E-state index contributed by atoms with van der Waals surface area (Å²) < 4.78 is 24.5. The number of hydrogen-bond acceptors (Lipinski definition) is 4. The zero-order valence-corrected chi connectivity index (χ0v) is 16.5. The summed E-state index contributed by atoms with van der Waals surface area (Å²) >= 11 is 0. The summed E-state index contributed by atoms with van der Waals surface area (Å²) in [5.74, 6) is -0.223. The molecule has 2 aromatic rings. The van der Waals surface area contributed by atoms with Gasteiger partial charge in [0, 0.05) is 37.1 Å². The van der Waals surface area contributed by atoms with Crippen molar-refractivity contribution in [2.24, 2.45) is 0 Å². The van der Waals surface area contributed by atoms with E-state index in [9.17, 15) is 13.2 Å². The molecule has 0 atom stereocenters. The molecule has 1 saturated heterocycles. The van der Waals surface area contributed by atoms with Crippen LogP contribution >= 0.6 is 0 Å². The van der Waals surface area contributed by atoms with Crippen molar-refractivity contribution in [2.45, 2.75) is 19.3 Å². The first-order valence-electron chi connectivity index (χ1n) is 9.05. The molecular weight excluding hydrogens is 362 g/mol. The number of piperidine rings is 1. The number of rotatable bonds is 5. The zero-order chi connectivity index (χ0) is 19.4. The molecule has 27 heavy (non-hydrogen) atoms. The highest BCUT2D eigenvalue weighted by atomic mass is 32.2. The molecule has 1 aliphatic rings. The fourth-order valence-corrected chi connectivity index (χ4v) is 3.65. The lowest BCUT2D eigenvalue weighted by molar-refractivity contribution is 0.102. The van der Waals surface area contributed by atoms with Crippen molar-refractivity contribution in [3.63, 3.8) is 0 Å². The van der Waals surface area contributed by atoms with E-state index in [1.165, 1.54) is 30.6 Å². The lowest BCUT2D eigenvalue weighted by Gasteiger charge is -2.28. The Morgan fingerprint density at radius 3 is 2.33 bits per heavy atom. The maximum absolute atomic E-state index is 12.5. The third-order valence-electron chi connectivity index (χ3n) is 4.82. The molecule has 0 spiro atoms. The molecule has 1 fully saturated rings. The van der Waals surface area contributed by atoms with E-state index < -0.39 is 10.0 Å². The lowest BCUT2D eigenvalue weighted by atomic mass is 10.1. The highest BCUT2D eigenvalue weighted by Crippen LogP contribution is 2.22. The van der Waals surface area contributed by atoms with E-state index in [1.54, 1.807) is 24.3 Å². The molecule has 1 N–H and O–H groups in total. The van der Waals surface area contributed by atoms with Gasteiger partial charge in [-0.1, -0.05) is 6.07 Å². The minimum absolute atomic E-state index is 0.223. The molecule has 144 valence electrons. The Labute approximate surface area is 160 Å². The van der Waals surface area contributed by atoms with Crippen LogP contribution in [-0.4, -0.2) is 40.7 Å². The molecule has 6 nitrogen and oxygen atoms in total. The van der Waals surface area contributed by atoms with E-state index >= 15 is 0 Å². The largest absolute Gasteiger partial charge is 0.372 e. The van der Waals surface area contributed by atoms with Crippen LogP contribution in [0.1, 0.15) is 29.6 Å². The Hall–Kier alpha value is -2.54. The Balaban J connectivity index is 1.70. The number of hydrogen-bond donors (Lipinski definition) is 1. The van der Waals surface area contributed by atoms with Crippen LogP contribution in [0.25, 0.3) is 0 Å². The van der Waals surface area contributed by atoms with Gasteiger partial charge in [0.15, 0.2) is 0 Å². The standard InChI is InChI=1S/C20H25N3O3S/c1-22(27(2,25)26)19-8-6-7-17(15-19)21-20(24)16-9-11-18(12-10-16)23-13-4-3-5-14-23/h6-12,15H,3-5,13-14H2,1-2H3,(H,21,24). The van der Waals surface area contributed by atoms with Crippen molar-refractivity contribution in [1.82, 2.24) is 0 Å². The second-order valence-electron chi connectivity index (χ2n) is 6.83. The molecule has 0 bridgehead atoms. The maximum Gasteiger partial charge on any atom is 0.255 e. The summed E-state index contributed by atoms with van der Waals surface area (Å²) in [5, 5.41) is 2.83. The molecule has 0 unspecified atom stereocenters. The Morgan fingerprint density at radius 1 is 1.04 bits per heavy atom. The molecule has 1 heterocycles. The molecule has 0 aromatic heterocycles. The summed E-state index contributed by atoms with van der Waals surface area (Å²) in [6, 6.07) is 14.4. The predicted molar refractivity (Wildman–Crippen MR) is 110 cm³/mol. The predicted octanol–water partition coefficient (Wildman–Crippen LogP) is 3.33. The van der Waals surface area contributed by atoms with Gasteiger partial charge < -0.3 is 10.2 Å². The van der Waals surface area contributed by atoms with Crippen LogP contribution in [0.15, 0.2) is 48.5 Å². The Morgan fingerprint density at radius 2 is 1.70 bits per heavy atom. The number of nitrogens with one attached hydrogen (secondary N) is 1. The van der Waals surface area contributed by atoms with Gasteiger partial charge >= 0.3 is 0 Å². The monoisotopic (exact) mass is 387 g/mol. The number of benzene rings is 2. The topological polar surface area (TPSA) is 69.7 Å². The summed E-state index contributed by atoms with van der Waals surface area (Å²) in [4.78, 5) is 14.9. The van der Waals surface area contributed by atoms with Gasteiger partial charge in [0.1, 0.15) is 0 Å². The van der Waals surface area contributed by atoms with Crippen LogP contribution in [0.5, 0.6) is 0 Å². The summed E-state index contributed by atoms with van der Waals surface area (Å²) in [6.07, 6.45) is 4.84. The Kier molecular flexibility index (Phi) is 5.70.